The first-order valence-electron chi connectivity index (χ1n) is 14.7. The Balaban J connectivity index is 1.31. The molecule has 0 saturated carbocycles. The van der Waals surface area contributed by atoms with Crippen molar-refractivity contribution in [2.75, 3.05) is 0 Å². The molecule has 3 nitrogen and oxygen atoms in total. The quantitative estimate of drug-likeness (QED) is 0.158. The van der Waals surface area contributed by atoms with Gasteiger partial charge in [-0.25, -0.2) is 4.79 Å². The lowest BCUT2D eigenvalue weighted by Gasteiger charge is -2.23. The number of hydrogen-bond acceptors (Lipinski definition) is 2. The Morgan fingerprint density at radius 1 is 0.581 bits per heavy atom. The second-order valence-electron chi connectivity index (χ2n) is 12.1. The maximum Gasteiger partial charge on any atom is 0.344 e. The van der Waals surface area contributed by atoms with Gasteiger partial charge in [-0.05, 0) is 69.1 Å². The van der Waals surface area contributed by atoms with Crippen molar-refractivity contribution < 1.29 is 4.42 Å². The van der Waals surface area contributed by atoms with E-state index in [1.807, 2.05) is 36.4 Å². The van der Waals surface area contributed by atoms with Crippen LogP contribution in [0.3, 0.4) is 0 Å². The molecule has 0 amide bonds. The van der Waals surface area contributed by atoms with Crippen LogP contribution in [-0.4, -0.2) is 4.57 Å². The van der Waals surface area contributed by atoms with E-state index in [0.717, 1.165) is 27.6 Å². The number of benzene rings is 6. The summed E-state index contributed by atoms with van der Waals surface area (Å²) in [6, 6.07) is 44.6. The lowest BCUT2D eigenvalue weighted by Crippen LogP contribution is -2.16. The van der Waals surface area contributed by atoms with Crippen LogP contribution in [0.1, 0.15) is 25.0 Å². The van der Waals surface area contributed by atoms with Gasteiger partial charge in [0.25, 0.3) is 0 Å². The largest absolute Gasteiger partial charge is 0.422 e. The molecule has 6 aromatic carbocycles. The second kappa shape index (κ2) is 8.56. The first-order valence-corrected chi connectivity index (χ1v) is 14.7. The van der Waals surface area contributed by atoms with Crippen LogP contribution < -0.4 is 5.63 Å². The monoisotopic (exact) mass is 553 g/mol. The van der Waals surface area contributed by atoms with Crippen molar-refractivity contribution in [3.8, 4) is 27.9 Å². The van der Waals surface area contributed by atoms with Gasteiger partial charge in [0.15, 0.2) is 0 Å². The Morgan fingerprint density at radius 3 is 2.23 bits per heavy atom. The lowest BCUT2D eigenvalue weighted by molar-refractivity contribution is 0.569. The minimum Gasteiger partial charge on any atom is -0.422 e. The van der Waals surface area contributed by atoms with Gasteiger partial charge >= 0.3 is 5.63 Å². The Hall–Kier alpha value is -5.41. The van der Waals surface area contributed by atoms with Crippen molar-refractivity contribution in [1.29, 1.82) is 0 Å². The zero-order valence-electron chi connectivity index (χ0n) is 23.9. The van der Waals surface area contributed by atoms with E-state index in [9.17, 15) is 4.79 Å². The van der Waals surface area contributed by atoms with Crippen molar-refractivity contribution in [3.63, 3.8) is 0 Å². The number of hydrogen-bond donors (Lipinski definition) is 0. The zero-order chi connectivity index (χ0) is 28.9. The van der Waals surface area contributed by atoms with Crippen LogP contribution in [0, 0.1) is 0 Å². The van der Waals surface area contributed by atoms with E-state index in [4.69, 9.17) is 4.42 Å². The van der Waals surface area contributed by atoms with Crippen molar-refractivity contribution in [1.82, 2.24) is 4.57 Å². The fraction of sp³-hybridized carbons (Fsp3) is 0.0750. The Kier molecular flexibility index (Phi) is 4.82. The summed E-state index contributed by atoms with van der Waals surface area (Å²) in [6.45, 7) is 4.69. The molecule has 0 aliphatic heterocycles. The molecule has 8 aromatic rings. The summed E-state index contributed by atoms with van der Waals surface area (Å²) in [5.74, 6) is 0. The summed E-state index contributed by atoms with van der Waals surface area (Å²) in [5, 5.41) is 4.95. The number of para-hydroxylation sites is 2. The molecule has 204 valence electrons. The number of nitrogens with zero attached hydrogens (tertiary/aromatic N) is 1. The predicted octanol–water partition coefficient (Wildman–Crippen LogP) is 10.0. The SMILES string of the molecule is CC1(C)c2ccccc2-c2ccc3c4ccccc4n(-c4cccc(-c5ccc6c(c5)c(=O)oc5ccccc56)c4)c3c21. The molecule has 0 N–H and O–H groups in total. The van der Waals surface area contributed by atoms with Gasteiger partial charge in [-0.3, -0.25) is 0 Å². The molecule has 1 aliphatic rings. The molecular weight excluding hydrogens is 526 g/mol. The minimum absolute atomic E-state index is 0.148. The number of aromatic nitrogens is 1. The predicted molar refractivity (Wildman–Crippen MR) is 177 cm³/mol. The van der Waals surface area contributed by atoms with Crippen molar-refractivity contribution in [2.45, 2.75) is 19.3 Å². The molecule has 0 unspecified atom stereocenters. The molecule has 9 rings (SSSR count). The van der Waals surface area contributed by atoms with E-state index < -0.39 is 0 Å². The van der Waals surface area contributed by atoms with Gasteiger partial charge in [-0.15, -0.1) is 0 Å². The summed E-state index contributed by atoms with van der Waals surface area (Å²) >= 11 is 0. The molecular formula is C40H27NO2. The molecule has 0 radical (unpaired) electrons. The Morgan fingerprint density at radius 2 is 1.33 bits per heavy atom. The summed E-state index contributed by atoms with van der Waals surface area (Å²) in [4.78, 5) is 13.0. The number of fused-ring (bicyclic) bond motifs is 10. The van der Waals surface area contributed by atoms with Gasteiger partial charge in [0.2, 0.25) is 0 Å². The number of rotatable bonds is 2. The van der Waals surface area contributed by atoms with Crippen LogP contribution in [0.5, 0.6) is 0 Å². The normalized spacial score (nSPS) is 13.6. The van der Waals surface area contributed by atoms with E-state index in [1.165, 1.54) is 44.1 Å². The molecule has 0 fully saturated rings. The fourth-order valence-electron chi connectivity index (χ4n) is 7.47. The fourth-order valence-corrected chi connectivity index (χ4v) is 7.47. The molecule has 2 heterocycles. The summed E-state index contributed by atoms with van der Waals surface area (Å²) in [5.41, 5.74) is 11.1. The molecule has 0 atom stereocenters. The van der Waals surface area contributed by atoms with Crippen molar-refractivity contribution >= 4 is 43.5 Å². The minimum atomic E-state index is -0.313. The van der Waals surface area contributed by atoms with E-state index in [-0.39, 0.29) is 11.0 Å². The van der Waals surface area contributed by atoms with Crippen LogP contribution in [0.25, 0.3) is 71.5 Å². The molecule has 0 spiro atoms. The third-order valence-electron chi connectivity index (χ3n) is 9.41. The molecule has 43 heavy (non-hydrogen) atoms. The van der Waals surface area contributed by atoms with Crippen molar-refractivity contribution in [3.05, 3.63) is 149 Å². The van der Waals surface area contributed by atoms with Crippen LogP contribution >= 0.6 is 0 Å². The van der Waals surface area contributed by atoms with Gasteiger partial charge in [0.05, 0.1) is 16.4 Å². The summed E-state index contributed by atoms with van der Waals surface area (Å²) in [6.07, 6.45) is 0. The van der Waals surface area contributed by atoms with E-state index in [0.29, 0.717) is 11.0 Å². The van der Waals surface area contributed by atoms with Crippen LogP contribution in [-0.2, 0) is 5.41 Å². The van der Waals surface area contributed by atoms with Gasteiger partial charge in [-0.1, -0.05) is 111 Å². The highest BCUT2D eigenvalue weighted by Gasteiger charge is 2.38. The average Bonchev–Trinajstić information content (AvgIpc) is 3.50. The first-order chi connectivity index (χ1) is 21.0. The Labute approximate surface area is 248 Å². The first kappa shape index (κ1) is 24.2. The van der Waals surface area contributed by atoms with Gasteiger partial charge in [-0.2, -0.15) is 0 Å². The molecule has 2 aromatic heterocycles. The molecule has 1 aliphatic carbocycles. The van der Waals surface area contributed by atoms with Crippen LogP contribution in [0.4, 0.5) is 0 Å². The smallest absolute Gasteiger partial charge is 0.344 e. The summed E-state index contributed by atoms with van der Waals surface area (Å²) in [7, 11) is 0. The third kappa shape index (κ3) is 3.28. The van der Waals surface area contributed by atoms with Crippen molar-refractivity contribution in [2.24, 2.45) is 0 Å². The molecule has 0 bridgehead atoms. The average molecular weight is 554 g/mol. The zero-order valence-corrected chi connectivity index (χ0v) is 23.9. The van der Waals surface area contributed by atoms with Gasteiger partial charge < -0.3 is 8.98 Å². The highest BCUT2D eigenvalue weighted by atomic mass is 16.4. The molecule has 3 heteroatoms. The maximum absolute atomic E-state index is 13.0. The van der Waals surface area contributed by atoms with E-state index in [1.54, 1.807) is 0 Å². The van der Waals surface area contributed by atoms with Gasteiger partial charge in [0.1, 0.15) is 5.58 Å². The topological polar surface area (TPSA) is 35.1 Å². The van der Waals surface area contributed by atoms with Gasteiger partial charge in [0, 0.05) is 27.3 Å². The highest BCUT2D eigenvalue weighted by Crippen LogP contribution is 2.52. The van der Waals surface area contributed by atoms with E-state index in [2.05, 4.69) is 109 Å². The van der Waals surface area contributed by atoms with Crippen LogP contribution in [0.15, 0.2) is 137 Å². The maximum atomic E-state index is 13.0. The van der Waals surface area contributed by atoms with E-state index >= 15 is 0 Å². The summed E-state index contributed by atoms with van der Waals surface area (Å²) < 4.78 is 8.11. The second-order valence-corrected chi connectivity index (χ2v) is 12.1. The standard InChI is InChI=1S/C40H27NO2/c1-40(2)34-15-6-3-12-28(34)31-20-21-32-29-13-4-7-16-35(29)41(38(32)37(31)40)26-11-9-10-24(22-26)25-18-19-27-30-14-5-8-17-36(30)43-39(42)33(27)23-25/h3-23H,1-2H3. The third-order valence-corrected chi connectivity index (χ3v) is 9.41. The van der Waals surface area contributed by atoms with Crippen LogP contribution in [0.2, 0.25) is 0 Å². The molecule has 0 saturated heterocycles. The highest BCUT2D eigenvalue weighted by molar-refractivity contribution is 6.13. The Bertz CT molecular complexity index is 2510. The lowest BCUT2D eigenvalue weighted by atomic mass is 9.81.